The number of hydrogen-bond donors (Lipinski definition) is 2. The lowest BCUT2D eigenvalue weighted by atomic mass is 10.1. The fourth-order valence-electron chi connectivity index (χ4n) is 1.86. The molecule has 2 heterocycles. The van der Waals surface area contributed by atoms with Crippen LogP contribution in [-0.4, -0.2) is 24.1 Å². The molecule has 1 atom stereocenters. The quantitative estimate of drug-likeness (QED) is 0.825. The van der Waals surface area contributed by atoms with E-state index >= 15 is 0 Å². The van der Waals surface area contributed by atoms with Crippen LogP contribution in [0, 0.1) is 0 Å². The molecule has 0 aromatic carbocycles. The van der Waals surface area contributed by atoms with Gasteiger partial charge in [0.25, 0.3) is 0 Å². The lowest BCUT2D eigenvalue weighted by molar-refractivity contribution is 0.414. The molecule has 1 unspecified atom stereocenters. The lowest BCUT2D eigenvalue weighted by Crippen LogP contribution is -2.39. The number of piperidine rings is 1. The molecule has 1 aromatic rings. The van der Waals surface area contributed by atoms with Crippen LogP contribution < -0.4 is 10.6 Å². The molecule has 0 saturated carbocycles. The van der Waals surface area contributed by atoms with E-state index in [1.54, 1.807) is 11.3 Å². The van der Waals surface area contributed by atoms with E-state index in [-0.39, 0.29) is 0 Å². The smallest absolute Gasteiger partial charge is 0.182 e. The Morgan fingerprint density at radius 2 is 2.53 bits per heavy atom. The van der Waals surface area contributed by atoms with Crippen molar-refractivity contribution in [2.45, 2.75) is 38.6 Å². The molecule has 0 amide bonds. The van der Waals surface area contributed by atoms with E-state index in [9.17, 15) is 0 Å². The van der Waals surface area contributed by atoms with Crippen LogP contribution in [0.4, 0.5) is 5.13 Å². The average molecular weight is 225 g/mol. The molecule has 84 valence electrons. The Hall–Kier alpha value is -0.610. The molecule has 0 radical (unpaired) electrons. The van der Waals surface area contributed by atoms with Gasteiger partial charge in [0.05, 0.1) is 5.69 Å². The normalized spacial score (nSPS) is 21.5. The van der Waals surface area contributed by atoms with Crippen molar-refractivity contribution >= 4 is 16.5 Å². The molecule has 0 bridgehead atoms. The molecule has 1 aliphatic heterocycles. The third-order valence-corrected chi connectivity index (χ3v) is 3.67. The minimum atomic E-state index is 0.632. The van der Waals surface area contributed by atoms with Crippen molar-refractivity contribution in [2.75, 3.05) is 18.4 Å². The van der Waals surface area contributed by atoms with E-state index in [2.05, 4.69) is 27.9 Å². The highest BCUT2D eigenvalue weighted by atomic mass is 32.1. The van der Waals surface area contributed by atoms with Crippen LogP contribution in [0.1, 0.15) is 31.9 Å². The van der Waals surface area contributed by atoms with E-state index in [4.69, 9.17) is 0 Å². The molecule has 1 aromatic heterocycles. The first-order valence-electron chi connectivity index (χ1n) is 5.80. The van der Waals surface area contributed by atoms with Crippen LogP contribution in [0.15, 0.2) is 5.38 Å². The van der Waals surface area contributed by atoms with Crippen molar-refractivity contribution in [1.82, 2.24) is 10.3 Å². The fourth-order valence-corrected chi connectivity index (χ4v) is 2.66. The van der Waals surface area contributed by atoms with Gasteiger partial charge in [-0.1, -0.05) is 13.3 Å². The maximum Gasteiger partial charge on any atom is 0.182 e. The highest BCUT2D eigenvalue weighted by molar-refractivity contribution is 7.13. The number of anilines is 1. The molecule has 3 nitrogen and oxygen atoms in total. The van der Waals surface area contributed by atoms with Crippen LogP contribution in [0.5, 0.6) is 0 Å². The van der Waals surface area contributed by atoms with Gasteiger partial charge in [0, 0.05) is 18.0 Å². The zero-order chi connectivity index (χ0) is 10.5. The number of thiazole rings is 1. The second-order valence-electron chi connectivity index (χ2n) is 4.03. The van der Waals surface area contributed by atoms with Gasteiger partial charge < -0.3 is 10.6 Å². The minimum absolute atomic E-state index is 0.632. The third kappa shape index (κ3) is 3.18. The summed E-state index contributed by atoms with van der Waals surface area (Å²) in [6, 6.07) is 0.632. The van der Waals surface area contributed by atoms with Gasteiger partial charge in [0.2, 0.25) is 0 Å². The zero-order valence-corrected chi connectivity index (χ0v) is 10.1. The van der Waals surface area contributed by atoms with Crippen molar-refractivity contribution in [1.29, 1.82) is 0 Å². The maximum absolute atomic E-state index is 4.49. The van der Waals surface area contributed by atoms with Crippen LogP contribution in [0.3, 0.4) is 0 Å². The molecule has 4 heteroatoms. The summed E-state index contributed by atoms with van der Waals surface area (Å²) in [6.45, 7) is 4.32. The fraction of sp³-hybridized carbons (Fsp3) is 0.727. The lowest BCUT2D eigenvalue weighted by Gasteiger charge is -2.23. The molecule has 2 N–H and O–H groups in total. The number of aromatic nitrogens is 1. The van der Waals surface area contributed by atoms with Crippen molar-refractivity contribution < 1.29 is 0 Å². The molecule has 0 spiro atoms. The highest BCUT2D eigenvalue weighted by Crippen LogP contribution is 2.16. The predicted molar refractivity (Wildman–Crippen MR) is 65.6 cm³/mol. The van der Waals surface area contributed by atoms with E-state index in [0.717, 1.165) is 18.1 Å². The predicted octanol–water partition coefficient (Wildman–Crippen LogP) is 2.26. The van der Waals surface area contributed by atoms with Crippen molar-refractivity contribution in [2.24, 2.45) is 0 Å². The topological polar surface area (TPSA) is 37.0 Å². The zero-order valence-electron chi connectivity index (χ0n) is 9.25. The summed E-state index contributed by atoms with van der Waals surface area (Å²) in [5.74, 6) is 0. The van der Waals surface area contributed by atoms with Crippen LogP contribution in [0.25, 0.3) is 0 Å². The monoisotopic (exact) mass is 225 g/mol. The number of aryl methyl sites for hydroxylation is 1. The Morgan fingerprint density at radius 1 is 1.60 bits per heavy atom. The SMILES string of the molecule is CCc1csc(NCC2CCCCN2)n1. The van der Waals surface area contributed by atoms with Crippen molar-refractivity contribution in [3.05, 3.63) is 11.1 Å². The molecular weight excluding hydrogens is 206 g/mol. The molecule has 2 rings (SSSR count). The van der Waals surface area contributed by atoms with E-state index in [0.29, 0.717) is 6.04 Å². The highest BCUT2D eigenvalue weighted by Gasteiger charge is 2.12. The second kappa shape index (κ2) is 5.47. The molecule has 1 aliphatic rings. The Bertz CT molecular complexity index is 292. The number of hydrogen-bond acceptors (Lipinski definition) is 4. The average Bonchev–Trinajstić information content (AvgIpc) is 2.76. The van der Waals surface area contributed by atoms with Crippen molar-refractivity contribution in [3.8, 4) is 0 Å². The number of nitrogens with zero attached hydrogens (tertiary/aromatic N) is 1. The minimum Gasteiger partial charge on any atom is -0.360 e. The second-order valence-corrected chi connectivity index (χ2v) is 4.88. The molecule has 1 saturated heterocycles. The molecule has 15 heavy (non-hydrogen) atoms. The van der Waals surface area contributed by atoms with E-state index in [1.807, 2.05) is 0 Å². The summed E-state index contributed by atoms with van der Waals surface area (Å²) >= 11 is 1.71. The third-order valence-electron chi connectivity index (χ3n) is 2.83. The van der Waals surface area contributed by atoms with Crippen molar-refractivity contribution in [3.63, 3.8) is 0 Å². The van der Waals surface area contributed by atoms with Gasteiger partial charge in [-0.3, -0.25) is 0 Å². The van der Waals surface area contributed by atoms with Gasteiger partial charge in [0.1, 0.15) is 0 Å². The van der Waals surface area contributed by atoms with Crippen LogP contribution in [-0.2, 0) is 6.42 Å². The summed E-state index contributed by atoms with van der Waals surface area (Å²) < 4.78 is 0. The molecule has 1 fully saturated rings. The van der Waals surface area contributed by atoms with Gasteiger partial charge in [-0.25, -0.2) is 4.98 Å². The maximum atomic E-state index is 4.49. The van der Waals surface area contributed by atoms with Gasteiger partial charge >= 0.3 is 0 Å². The Labute approximate surface area is 95.3 Å². The summed E-state index contributed by atoms with van der Waals surface area (Å²) in [7, 11) is 0. The summed E-state index contributed by atoms with van der Waals surface area (Å²) in [5.41, 5.74) is 1.19. The Morgan fingerprint density at radius 3 is 3.20 bits per heavy atom. The van der Waals surface area contributed by atoms with Gasteiger partial charge in [-0.15, -0.1) is 11.3 Å². The molecular formula is C11H19N3S. The first kappa shape index (κ1) is 10.9. The van der Waals surface area contributed by atoms with E-state index < -0.39 is 0 Å². The van der Waals surface area contributed by atoms with Gasteiger partial charge in [-0.2, -0.15) is 0 Å². The van der Waals surface area contributed by atoms with E-state index in [1.165, 1.54) is 31.5 Å². The molecule has 0 aliphatic carbocycles. The summed E-state index contributed by atoms with van der Waals surface area (Å²) in [5, 5.41) is 10.1. The standard InChI is InChI=1S/C11H19N3S/c1-2-9-8-15-11(14-9)13-7-10-5-3-4-6-12-10/h8,10,12H,2-7H2,1H3,(H,13,14). The largest absolute Gasteiger partial charge is 0.360 e. The van der Waals surface area contributed by atoms with Gasteiger partial charge in [0.15, 0.2) is 5.13 Å². The summed E-state index contributed by atoms with van der Waals surface area (Å²) in [6.07, 6.45) is 5.00. The Kier molecular flexibility index (Phi) is 3.97. The first-order valence-corrected chi connectivity index (χ1v) is 6.68. The van der Waals surface area contributed by atoms with Crippen LogP contribution in [0.2, 0.25) is 0 Å². The summed E-state index contributed by atoms with van der Waals surface area (Å²) in [4.78, 5) is 4.49. The van der Waals surface area contributed by atoms with Gasteiger partial charge in [-0.05, 0) is 25.8 Å². The van der Waals surface area contributed by atoms with Crippen LogP contribution >= 0.6 is 11.3 Å². The number of rotatable bonds is 4. The first-order chi connectivity index (χ1) is 7.38. The number of nitrogens with one attached hydrogen (secondary N) is 2. The Balaban J connectivity index is 1.76.